The molecule has 0 aromatic rings. The first-order valence-electron chi connectivity index (χ1n) is 33.2. The molecule has 0 radical (unpaired) electrons. The molecule has 0 aliphatic rings. The number of quaternary nitrogens is 1. The molecule has 0 aliphatic heterocycles. The second kappa shape index (κ2) is 59.8. The summed E-state index contributed by atoms with van der Waals surface area (Å²) in [6.07, 6.45) is 82.3. The van der Waals surface area contributed by atoms with Gasteiger partial charge in [-0.1, -0.05) is 252 Å². The van der Waals surface area contributed by atoms with Gasteiger partial charge >= 0.3 is 13.8 Å². The third kappa shape index (κ3) is 61.1. The molecule has 0 aromatic carbocycles. The van der Waals surface area contributed by atoms with Gasteiger partial charge in [-0.3, -0.25) is 18.6 Å². The van der Waals surface area contributed by atoms with Crippen LogP contribution in [0.15, 0.2) is 109 Å². The fourth-order valence-electron chi connectivity index (χ4n) is 9.02. The number of amides is 1. The van der Waals surface area contributed by atoms with Gasteiger partial charge in [0, 0.05) is 12.8 Å². The number of nitrogens with one attached hydrogen (secondary N) is 1. The van der Waals surface area contributed by atoms with E-state index in [2.05, 4.69) is 123 Å². The van der Waals surface area contributed by atoms with E-state index in [1.54, 1.807) is 0 Å². The van der Waals surface area contributed by atoms with E-state index >= 15 is 0 Å². The summed E-state index contributed by atoms with van der Waals surface area (Å²) in [5.41, 5.74) is 0. The lowest BCUT2D eigenvalue weighted by Gasteiger charge is -2.27. The standard InChI is InChI=1S/C71H125N2O7P/c1-7-10-13-16-19-22-25-27-29-31-33-35-36-38-39-41-43-45-48-51-54-57-60-63-70(74)72-68(67-79-81(76,77)78-66-65-73(4,5)6)69(62-59-56-53-50-47-24-21-18-15-12-9-3)80-71(75)64-61-58-55-52-49-46-44-42-40-37-34-32-30-28-26-23-20-17-14-11-8-2/h19-20,22-23,27-30,33-35,37-39,42,44,59,62,68-69H,7-18,21,24-26,31-32,36,40-41,43,45-58,60-61,63-67H2,1-6H3,(H-,72,74,76,77)/p+1/b22-19-,23-20-,29-27-,30-28-,35-33-,37-34-,39-38-,44-42-,62-59+. The molecule has 0 aromatic heterocycles. The first-order valence-corrected chi connectivity index (χ1v) is 34.7. The van der Waals surface area contributed by atoms with Gasteiger partial charge in [-0.2, -0.15) is 0 Å². The van der Waals surface area contributed by atoms with Crippen LogP contribution >= 0.6 is 7.82 Å². The number of phosphoric ester groups is 1. The Morgan fingerprint density at radius 2 is 0.753 bits per heavy atom. The van der Waals surface area contributed by atoms with E-state index in [4.69, 9.17) is 13.8 Å². The molecule has 0 rings (SSSR count). The number of likely N-dealkylation sites (N-methyl/N-ethyl adjacent to an activating group) is 1. The lowest BCUT2D eigenvalue weighted by Crippen LogP contribution is -2.47. The highest BCUT2D eigenvalue weighted by molar-refractivity contribution is 7.47. The zero-order chi connectivity index (χ0) is 59.3. The lowest BCUT2D eigenvalue weighted by molar-refractivity contribution is -0.870. The maximum absolute atomic E-state index is 13.6. The van der Waals surface area contributed by atoms with Crippen molar-refractivity contribution in [1.82, 2.24) is 5.32 Å². The second-order valence-corrected chi connectivity index (χ2v) is 24.7. The number of rotatable bonds is 59. The average Bonchev–Trinajstić information content (AvgIpc) is 3.43. The van der Waals surface area contributed by atoms with Crippen LogP contribution in [0.25, 0.3) is 0 Å². The predicted octanol–water partition coefficient (Wildman–Crippen LogP) is 20.9. The Hall–Kier alpha value is -3.33. The molecule has 1 amide bonds. The molecule has 81 heavy (non-hydrogen) atoms. The van der Waals surface area contributed by atoms with E-state index in [1.807, 2.05) is 33.3 Å². The van der Waals surface area contributed by atoms with Gasteiger partial charge in [-0.05, 0) is 122 Å². The number of carbonyl (C=O) groups is 2. The molecule has 466 valence electrons. The molecule has 0 saturated heterocycles. The topological polar surface area (TPSA) is 111 Å². The van der Waals surface area contributed by atoms with Crippen molar-refractivity contribution < 1.29 is 37.3 Å². The highest BCUT2D eigenvalue weighted by Crippen LogP contribution is 2.43. The molecule has 0 saturated carbocycles. The van der Waals surface area contributed by atoms with Gasteiger partial charge in [-0.15, -0.1) is 0 Å². The van der Waals surface area contributed by atoms with E-state index in [-0.39, 0.29) is 31.5 Å². The number of nitrogens with zero attached hydrogens (tertiary/aromatic N) is 1. The molecular weight excluding hydrogens is 1020 g/mol. The number of phosphoric acid groups is 1. The monoisotopic (exact) mass is 1150 g/mol. The predicted molar refractivity (Wildman–Crippen MR) is 350 cm³/mol. The van der Waals surface area contributed by atoms with Crippen molar-refractivity contribution in [2.75, 3.05) is 40.9 Å². The third-order valence-corrected chi connectivity index (χ3v) is 15.2. The number of carbonyl (C=O) groups excluding carboxylic acids is 2. The number of ether oxygens (including phenoxy) is 1. The van der Waals surface area contributed by atoms with Gasteiger partial charge < -0.3 is 19.4 Å². The Labute approximate surface area is 500 Å². The molecule has 3 atom stereocenters. The lowest BCUT2D eigenvalue weighted by atomic mass is 10.1. The highest BCUT2D eigenvalue weighted by atomic mass is 31.2. The molecule has 0 spiro atoms. The zero-order valence-electron chi connectivity index (χ0n) is 53.2. The van der Waals surface area contributed by atoms with E-state index in [0.717, 1.165) is 122 Å². The zero-order valence-corrected chi connectivity index (χ0v) is 54.1. The highest BCUT2D eigenvalue weighted by Gasteiger charge is 2.30. The SMILES string of the molecule is CCCCC/C=C\C/C=C\C/C=C\C/C=C\CCCCCCCCCC(=O)NC(COP(=O)(O)OCC[N+](C)(C)C)C(/C=C/CCCCCCCCCCC)OC(=O)CCCCCCC/C=C\C/C=C\C/C=C\C/C=C\CCCCC. The van der Waals surface area contributed by atoms with Crippen LogP contribution in [0.4, 0.5) is 0 Å². The Morgan fingerprint density at radius 1 is 0.432 bits per heavy atom. The average molecular weight is 1150 g/mol. The van der Waals surface area contributed by atoms with Crippen molar-refractivity contribution in [3.05, 3.63) is 109 Å². The van der Waals surface area contributed by atoms with Crippen LogP contribution in [0.5, 0.6) is 0 Å². The maximum atomic E-state index is 13.6. The number of allylic oxidation sites excluding steroid dienone is 17. The number of hydrogen-bond acceptors (Lipinski definition) is 6. The summed E-state index contributed by atoms with van der Waals surface area (Å²) in [6, 6.07) is -0.870. The number of unbranched alkanes of at least 4 members (excludes halogenated alkanes) is 27. The molecule has 0 heterocycles. The fraction of sp³-hybridized carbons (Fsp3) is 0.718. The van der Waals surface area contributed by atoms with Crippen LogP contribution in [-0.2, 0) is 27.9 Å². The summed E-state index contributed by atoms with van der Waals surface area (Å²) in [4.78, 5) is 37.8. The minimum Gasteiger partial charge on any atom is -0.456 e. The van der Waals surface area contributed by atoms with Gasteiger partial charge in [0.2, 0.25) is 5.91 Å². The normalized spacial score (nSPS) is 14.3. The van der Waals surface area contributed by atoms with E-state index in [9.17, 15) is 19.0 Å². The van der Waals surface area contributed by atoms with Gasteiger partial charge in [0.15, 0.2) is 0 Å². The van der Waals surface area contributed by atoms with Gasteiger partial charge in [-0.25, -0.2) is 4.57 Å². The largest absolute Gasteiger partial charge is 0.472 e. The summed E-state index contributed by atoms with van der Waals surface area (Å²) in [5.74, 6) is -0.542. The van der Waals surface area contributed by atoms with E-state index in [0.29, 0.717) is 23.9 Å². The van der Waals surface area contributed by atoms with Gasteiger partial charge in [0.05, 0.1) is 33.8 Å². The number of esters is 1. The van der Waals surface area contributed by atoms with Gasteiger partial charge in [0.1, 0.15) is 19.3 Å². The Bertz CT molecular complexity index is 1750. The molecule has 9 nitrogen and oxygen atoms in total. The van der Waals surface area contributed by atoms with Crippen molar-refractivity contribution in [3.63, 3.8) is 0 Å². The quantitative estimate of drug-likeness (QED) is 0.0205. The van der Waals surface area contributed by atoms with Crippen LogP contribution < -0.4 is 5.32 Å². The summed E-state index contributed by atoms with van der Waals surface area (Å²) < 4.78 is 30.7. The maximum Gasteiger partial charge on any atom is 0.472 e. The first-order chi connectivity index (χ1) is 39.4. The smallest absolute Gasteiger partial charge is 0.456 e. The fourth-order valence-corrected chi connectivity index (χ4v) is 9.76. The molecule has 2 N–H and O–H groups in total. The van der Waals surface area contributed by atoms with E-state index < -0.39 is 20.0 Å². The molecule has 3 unspecified atom stereocenters. The van der Waals surface area contributed by atoms with E-state index in [1.165, 1.54) is 116 Å². The first kappa shape index (κ1) is 77.7. The summed E-state index contributed by atoms with van der Waals surface area (Å²) >= 11 is 0. The summed E-state index contributed by atoms with van der Waals surface area (Å²) in [6.45, 7) is 6.93. The van der Waals surface area contributed by atoms with Crippen molar-refractivity contribution in [3.8, 4) is 0 Å². The minimum absolute atomic E-state index is 0.0291. The van der Waals surface area contributed by atoms with Crippen molar-refractivity contribution in [2.24, 2.45) is 0 Å². The Kier molecular flexibility index (Phi) is 57.4. The van der Waals surface area contributed by atoms with Gasteiger partial charge in [0.25, 0.3) is 0 Å². The Morgan fingerprint density at radius 3 is 1.15 bits per heavy atom. The third-order valence-electron chi connectivity index (χ3n) is 14.2. The van der Waals surface area contributed by atoms with Crippen LogP contribution in [0.1, 0.15) is 278 Å². The summed E-state index contributed by atoms with van der Waals surface area (Å²) in [5, 5.41) is 3.05. The van der Waals surface area contributed by atoms with Crippen molar-refractivity contribution in [2.45, 2.75) is 290 Å². The Balaban J connectivity index is 5.21. The van der Waals surface area contributed by atoms with Crippen LogP contribution in [-0.4, -0.2) is 74.3 Å². The van der Waals surface area contributed by atoms with Crippen molar-refractivity contribution >= 4 is 19.7 Å². The molecular formula is C71H126N2O7P+. The van der Waals surface area contributed by atoms with Crippen LogP contribution in [0.3, 0.4) is 0 Å². The van der Waals surface area contributed by atoms with Crippen molar-refractivity contribution in [1.29, 1.82) is 0 Å². The molecule has 10 heteroatoms. The van der Waals surface area contributed by atoms with Crippen LogP contribution in [0, 0.1) is 0 Å². The second-order valence-electron chi connectivity index (χ2n) is 23.3. The number of hydrogen-bond donors (Lipinski definition) is 2. The summed E-state index contributed by atoms with van der Waals surface area (Å²) in [7, 11) is 1.46. The molecule has 0 bridgehead atoms. The molecule has 0 aliphatic carbocycles. The minimum atomic E-state index is -4.47. The molecule has 0 fully saturated rings. The van der Waals surface area contributed by atoms with Crippen LogP contribution in [0.2, 0.25) is 0 Å².